The highest BCUT2D eigenvalue weighted by Crippen LogP contribution is 2.42. The first kappa shape index (κ1) is 22.7. The second-order valence-corrected chi connectivity index (χ2v) is 9.06. The summed E-state index contributed by atoms with van der Waals surface area (Å²) in [5.41, 5.74) is 0.520. The number of aromatic nitrogens is 6. The molecule has 0 aromatic carbocycles. The van der Waals surface area contributed by atoms with Crippen LogP contribution in [0, 0.1) is 6.92 Å². The number of alkyl halides is 3. The van der Waals surface area contributed by atoms with Gasteiger partial charge in [-0.25, -0.2) is 19.3 Å². The van der Waals surface area contributed by atoms with E-state index in [9.17, 15) is 13.2 Å². The minimum atomic E-state index is -4.51. The van der Waals surface area contributed by atoms with Crippen molar-refractivity contribution in [3.63, 3.8) is 0 Å². The molecule has 4 aromatic heterocycles. The summed E-state index contributed by atoms with van der Waals surface area (Å²) in [6.45, 7) is 10.2. The first-order valence-corrected chi connectivity index (χ1v) is 10.5. The molecule has 6 nitrogen and oxygen atoms in total. The first-order valence-electron chi connectivity index (χ1n) is 10.5. The van der Waals surface area contributed by atoms with Crippen molar-refractivity contribution in [3.8, 4) is 11.6 Å². The average Bonchev–Trinajstić information content (AvgIpc) is 3.43. The fourth-order valence-corrected chi connectivity index (χ4v) is 3.58. The largest absolute Gasteiger partial charge is 0.435 e. The maximum atomic E-state index is 13.0. The zero-order valence-electron chi connectivity index (χ0n) is 19.1. The fraction of sp³-hybridized carbons (Fsp3) is 0.333. The summed E-state index contributed by atoms with van der Waals surface area (Å²) in [6.07, 6.45) is -1.37. The summed E-state index contributed by atoms with van der Waals surface area (Å²) >= 11 is 0. The van der Waals surface area contributed by atoms with E-state index in [-0.39, 0.29) is 0 Å². The Labute approximate surface area is 190 Å². The van der Waals surface area contributed by atoms with Crippen LogP contribution in [0.1, 0.15) is 50.5 Å². The molecule has 0 aliphatic carbocycles. The lowest BCUT2D eigenvalue weighted by Crippen LogP contribution is -2.42. The molecule has 0 atom stereocenters. The van der Waals surface area contributed by atoms with E-state index in [0.29, 0.717) is 11.6 Å². The molecule has 4 aromatic rings. The summed E-state index contributed by atoms with van der Waals surface area (Å²) in [7, 11) is 0. The minimum absolute atomic E-state index is 0.320. The molecule has 0 aliphatic rings. The van der Waals surface area contributed by atoms with Crippen molar-refractivity contribution < 1.29 is 13.2 Å². The Morgan fingerprint density at radius 2 is 1.12 bits per heavy atom. The van der Waals surface area contributed by atoms with Crippen molar-refractivity contribution in [2.75, 3.05) is 0 Å². The number of hydrogen-bond donors (Lipinski definition) is 0. The van der Waals surface area contributed by atoms with Crippen LogP contribution in [-0.4, -0.2) is 29.5 Å². The van der Waals surface area contributed by atoms with Crippen LogP contribution >= 0.6 is 0 Å². The zero-order chi connectivity index (χ0) is 24.0. The number of pyridine rings is 2. The van der Waals surface area contributed by atoms with Gasteiger partial charge in [0, 0.05) is 34.6 Å². The summed E-state index contributed by atoms with van der Waals surface area (Å²) in [6, 6.07) is 14.0. The molecule has 9 heteroatoms. The Kier molecular flexibility index (Phi) is 5.38. The fourth-order valence-electron chi connectivity index (χ4n) is 3.58. The maximum Gasteiger partial charge on any atom is 0.435 e. The Hall–Kier alpha value is -3.49. The molecule has 0 fully saturated rings. The molecule has 0 saturated heterocycles. The van der Waals surface area contributed by atoms with Crippen LogP contribution in [-0.2, 0) is 17.0 Å². The highest BCUT2D eigenvalue weighted by molar-refractivity contribution is 5.35. The first-order chi connectivity index (χ1) is 15.4. The van der Waals surface area contributed by atoms with Crippen molar-refractivity contribution >= 4 is 0 Å². The lowest BCUT2D eigenvalue weighted by Gasteiger charge is -2.41. The Morgan fingerprint density at radius 1 is 0.636 bits per heavy atom. The predicted molar refractivity (Wildman–Crippen MR) is 119 cm³/mol. The van der Waals surface area contributed by atoms with Crippen molar-refractivity contribution in [2.45, 2.75) is 51.6 Å². The van der Waals surface area contributed by atoms with Crippen LogP contribution in [0.2, 0.25) is 0 Å². The van der Waals surface area contributed by atoms with Gasteiger partial charge in [0.1, 0.15) is 0 Å². The van der Waals surface area contributed by atoms with Crippen LogP contribution in [0.5, 0.6) is 0 Å². The van der Waals surface area contributed by atoms with Gasteiger partial charge >= 0.3 is 6.18 Å². The molecule has 0 saturated carbocycles. The van der Waals surface area contributed by atoms with E-state index in [1.54, 1.807) is 16.8 Å². The van der Waals surface area contributed by atoms with E-state index < -0.39 is 22.7 Å². The van der Waals surface area contributed by atoms with Crippen LogP contribution in [0.3, 0.4) is 0 Å². The Balaban J connectivity index is 1.71. The number of rotatable bonds is 5. The second kappa shape index (κ2) is 7.83. The molecule has 0 unspecified atom stereocenters. The van der Waals surface area contributed by atoms with Gasteiger partial charge in [-0.15, -0.1) is 0 Å². The molecule has 4 rings (SSSR count). The molecule has 172 valence electrons. The van der Waals surface area contributed by atoms with E-state index in [4.69, 9.17) is 4.98 Å². The zero-order valence-corrected chi connectivity index (χ0v) is 19.1. The van der Waals surface area contributed by atoms with E-state index in [0.717, 1.165) is 27.8 Å². The van der Waals surface area contributed by atoms with Gasteiger partial charge in [-0.2, -0.15) is 23.4 Å². The minimum Gasteiger partial charge on any atom is -0.233 e. The Bertz CT molecular complexity index is 1280. The van der Waals surface area contributed by atoms with Gasteiger partial charge in [-0.05, 0) is 43.3 Å². The van der Waals surface area contributed by atoms with Crippen molar-refractivity contribution in [2.24, 2.45) is 0 Å². The summed E-state index contributed by atoms with van der Waals surface area (Å²) in [4.78, 5) is 9.53. The van der Waals surface area contributed by atoms with Gasteiger partial charge in [0.15, 0.2) is 17.3 Å². The van der Waals surface area contributed by atoms with E-state index >= 15 is 0 Å². The number of nitrogens with zero attached hydrogens (tertiary/aromatic N) is 6. The average molecular weight is 455 g/mol. The molecule has 0 spiro atoms. The van der Waals surface area contributed by atoms with Crippen LogP contribution < -0.4 is 0 Å². The van der Waals surface area contributed by atoms with E-state index in [1.807, 2.05) is 43.5 Å². The van der Waals surface area contributed by atoms with Crippen molar-refractivity contribution in [1.82, 2.24) is 29.5 Å². The molecule has 0 amide bonds. The monoisotopic (exact) mass is 454 g/mol. The van der Waals surface area contributed by atoms with Gasteiger partial charge in [0.2, 0.25) is 0 Å². The third-order valence-corrected chi connectivity index (χ3v) is 6.38. The third kappa shape index (κ3) is 4.15. The van der Waals surface area contributed by atoms with Crippen molar-refractivity contribution in [1.29, 1.82) is 0 Å². The van der Waals surface area contributed by atoms with Crippen LogP contribution in [0.15, 0.2) is 60.9 Å². The van der Waals surface area contributed by atoms with Gasteiger partial charge in [-0.1, -0.05) is 39.8 Å². The number of hydrogen-bond acceptors (Lipinski definition) is 4. The van der Waals surface area contributed by atoms with Gasteiger partial charge in [-0.3, -0.25) is 0 Å². The highest BCUT2D eigenvalue weighted by atomic mass is 19.4. The normalized spacial score (nSPS) is 12.8. The van der Waals surface area contributed by atoms with E-state index in [2.05, 4.69) is 42.9 Å². The lowest BCUT2D eigenvalue weighted by atomic mass is 9.64. The van der Waals surface area contributed by atoms with Crippen LogP contribution in [0.25, 0.3) is 11.6 Å². The topological polar surface area (TPSA) is 61.4 Å². The Morgan fingerprint density at radius 3 is 1.55 bits per heavy atom. The van der Waals surface area contributed by atoms with Gasteiger partial charge < -0.3 is 0 Å². The third-order valence-electron chi connectivity index (χ3n) is 6.38. The SMILES string of the molecule is Cc1ccn(-c2cccc(C(C)(C)C(C)(C)c3cccc(-n4ccc(C(F)(F)F)n4)n3)n2)n1. The molecular weight excluding hydrogens is 429 g/mol. The van der Waals surface area contributed by atoms with Gasteiger partial charge in [0.25, 0.3) is 0 Å². The number of aryl methyl sites for hydroxylation is 1. The maximum absolute atomic E-state index is 13.0. The summed E-state index contributed by atoms with van der Waals surface area (Å²) in [5.74, 6) is 1.03. The molecule has 33 heavy (non-hydrogen) atoms. The molecular formula is C24H25F3N6. The molecule has 4 heterocycles. The van der Waals surface area contributed by atoms with Crippen molar-refractivity contribution in [3.05, 3.63) is 83.7 Å². The molecule has 0 aliphatic heterocycles. The lowest BCUT2D eigenvalue weighted by molar-refractivity contribution is -0.141. The van der Waals surface area contributed by atoms with Crippen LogP contribution in [0.4, 0.5) is 13.2 Å². The summed E-state index contributed by atoms with van der Waals surface area (Å²) in [5, 5.41) is 8.09. The second-order valence-electron chi connectivity index (χ2n) is 9.06. The molecule has 0 bridgehead atoms. The standard InChI is InChI=1S/C24H25F3N6/c1-16-12-14-32(30-16)20-10-6-8-17(28-20)22(2,3)23(4,5)18-9-7-11-21(29-18)33-15-13-19(31-33)24(25,26)27/h6-15H,1-5H3. The molecule has 0 N–H and O–H groups in total. The van der Waals surface area contributed by atoms with E-state index in [1.165, 1.54) is 6.20 Å². The number of halogens is 3. The van der Waals surface area contributed by atoms with Gasteiger partial charge in [0.05, 0.1) is 5.69 Å². The molecule has 0 radical (unpaired) electrons. The smallest absolute Gasteiger partial charge is 0.233 e. The quantitative estimate of drug-likeness (QED) is 0.403. The predicted octanol–water partition coefficient (Wildman–Crippen LogP) is 5.43. The highest BCUT2D eigenvalue weighted by Gasteiger charge is 2.42. The summed E-state index contributed by atoms with van der Waals surface area (Å²) < 4.78 is 41.8.